The highest BCUT2D eigenvalue weighted by Crippen LogP contribution is 2.24. The van der Waals surface area contributed by atoms with Crippen LogP contribution in [0, 0.1) is 0 Å². The van der Waals surface area contributed by atoms with Crippen LogP contribution in [0.2, 0.25) is 0 Å². The first-order valence-corrected chi connectivity index (χ1v) is 8.40. The molecule has 0 saturated carbocycles. The summed E-state index contributed by atoms with van der Waals surface area (Å²) in [5, 5.41) is 10.0. The first-order chi connectivity index (χ1) is 11.8. The van der Waals surface area contributed by atoms with Crippen molar-refractivity contribution in [1.29, 1.82) is 0 Å². The number of amides is 1. The van der Waals surface area contributed by atoms with Gasteiger partial charge in [-0.05, 0) is 24.1 Å². The van der Waals surface area contributed by atoms with Gasteiger partial charge in [-0.1, -0.05) is 48.2 Å². The number of aromatic nitrogens is 4. The summed E-state index contributed by atoms with van der Waals surface area (Å²) in [6, 6.07) is 15.5. The molecule has 0 bridgehead atoms. The van der Waals surface area contributed by atoms with Gasteiger partial charge in [0.05, 0.1) is 5.25 Å². The van der Waals surface area contributed by atoms with E-state index >= 15 is 0 Å². The third kappa shape index (κ3) is 3.99. The molecule has 0 fully saturated rings. The second-order valence-electron chi connectivity index (χ2n) is 5.09. The number of H-pyrrole nitrogens is 1. The van der Waals surface area contributed by atoms with Crippen LogP contribution in [0.3, 0.4) is 0 Å². The summed E-state index contributed by atoms with van der Waals surface area (Å²) in [5.41, 5.74) is 1.82. The van der Waals surface area contributed by atoms with Gasteiger partial charge in [-0.25, -0.2) is 0 Å². The Morgan fingerprint density at radius 2 is 2.00 bits per heavy atom. The molecule has 3 rings (SSSR count). The first-order valence-electron chi connectivity index (χ1n) is 7.52. The third-order valence-electron chi connectivity index (χ3n) is 3.42. The van der Waals surface area contributed by atoms with Crippen molar-refractivity contribution in [3.8, 4) is 11.5 Å². The standard InChI is InChI=1S/C17H17N5OS/c1-18-16(23)14(11-12-7-3-2-4-8-12)24-17-20-15(21-22-17)13-9-5-6-10-19-13/h2-10,14H,11H2,1H3,(H,18,23)(H,20,21,22)/t14-/m0/s1. The molecule has 2 N–H and O–H groups in total. The highest BCUT2D eigenvalue weighted by molar-refractivity contribution is 8.00. The van der Waals surface area contributed by atoms with Gasteiger partial charge in [-0.3, -0.25) is 14.9 Å². The Hall–Kier alpha value is -2.67. The Kier molecular flexibility index (Phi) is 5.22. The minimum absolute atomic E-state index is 0.0481. The molecule has 7 heteroatoms. The molecule has 24 heavy (non-hydrogen) atoms. The van der Waals surface area contributed by atoms with Crippen LogP contribution < -0.4 is 5.32 Å². The zero-order valence-electron chi connectivity index (χ0n) is 13.1. The van der Waals surface area contributed by atoms with Crippen molar-refractivity contribution < 1.29 is 4.79 Å². The van der Waals surface area contributed by atoms with Gasteiger partial charge in [0.25, 0.3) is 0 Å². The van der Waals surface area contributed by atoms with Crippen molar-refractivity contribution in [2.24, 2.45) is 0 Å². The van der Waals surface area contributed by atoms with Crippen LogP contribution in [-0.4, -0.2) is 38.4 Å². The van der Waals surface area contributed by atoms with E-state index in [2.05, 4.69) is 25.5 Å². The van der Waals surface area contributed by atoms with Gasteiger partial charge in [0.15, 0.2) is 5.82 Å². The number of thioether (sulfide) groups is 1. The van der Waals surface area contributed by atoms with Gasteiger partial charge >= 0.3 is 0 Å². The van der Waals surface area contributed by atoms with E-state index < -0.39 is 0 Å². The van der Waals surface area contributed by atoms with Crippen molar-refractivity contribution in [2.75, 3.05) is 7.05 Å². The van der Waals surface area contributed by atoms with Gasteiger partial charge in [-0.15, -0.1) is 5.10 Å². The zero-order valence-corrected chi connectivity index (χ0v) is 14.0. The van der Waals surface area contributed by atoms with Crippen LogP contribution in [0.1, 0.15) is 5.56 Å². The normalized spacial score (nSPS) is 11.9. The number of pyridine rings is 1. The maximum atomic E-state index is 12.2. The van der Waals surface area contributed by atoms with Crippen molar-refractivity contribution in [3.63, 3.8) is 0 Å². The fraction of sp³-hybridized carbons (Fsp3) is 0.176. The lowest BCUT2D eigenvalue weighted by atomic mass is 10.1. The molecule has 0 saturated heterocycles. The summed E-state index contributed by atoms with van der Waals surface area (Å²) in [6.45, 7) is 0. The highest BCUT2D eigenvalue weighted by Gasteiger charge is 2.21. The van der Waals surface area contributed by atoms with Gasteiger partial charge < -0.3 is 5.32 Å². The maximum Gasteiger partial charge on any atom is 0.233 e. The van der Waals surface area contributed by atoms with Crippen LogP contribution in [0.25, 0.3) is 11.5 Å². The van der Waals surface area contributed by atoms with E-state index in [9.17, 15) is 4.79 Å². The molecule has 3 aromatic rings. The molecule has 0 radical (unpaired) electrons. The van der Waals surface area contributed by atoms with E-state index in [-0.39, 0.29) is 11.2 Å². The van der Waals surface area contributed by atoms with E-state index in [4.69, 9.17) is 0 Å². The van der Waals surface area contributed by atoms with Crippen molar-refractivity contribution >= 4 is 17.7 Å². The molecule has 0 unspecified atom stereocenters. The number of carbonyl (C=O) groups excluding carboxylic acids is 1. The van der Waals surface area contributed by atoms with Crippen LogP contribution in [0.5, 0.6) is 0 Å². The van der Waals surface area contributed by atoms with Crippen LogP contribution in [0.15, 0.2) is 59.9 Å². The number of hydrogen-bond acceptors (Lipinski definition) is 5. The van der Waals surface area contributed by atoms with Crippen LogP contribution in [0.4, 0.5) is 0 Å². The molecule has 122 valence electrons. The molecule has 0 aliphatic carbocycles. The van der Waals surface area contributed by atoms with Gasteiger partial charge in [0.1, 0.15) is 5.69 Å². The number of nitrogens with one attached hydrogen (secondary N) is 2. The molecular formula is C17H17N5OS. The average Bonchev–Trinajstić information content (AvgIpc) is 3.11. The van der Waals surface area contributed by atoms with Gasteiger partial charge in [0, 0.05) is 13.2 Å². The Balaban J connectivity index is 1.75. The SMILES string of the molecule is CNC(=O)[C@H](Cc1ccccc1)Sc1n[nH]c(-c2ccccn2)n1. The topological polar surface area (TPSA) is 83.6 Å². The quantitative estimate of drug-likeness (QED) is 0.673. The Morgan fingerprint density at radius 3 is 2.71 bits per heavy atom. The average molecular weight is 339 g/mol. The smallest absolute Gasteiger partial charge is 0.233 e. The Bertz CT molecular complexity index is 791. The maximum absolute atomic E-state index is 12.2. The molecule has 0 aliphatic rings. The summed E-state index contributed by atoms with van der Waals surface area (Å²) < 4.78 is 0. The number of rotatable bonds is 6. The van der Waals surface area contributed by atoms with Crippen molar-refractivity contribution in [2.45, 2.75) is 16.8 Å². The molecule has 6 nitrogen and oxygen atoms in total. The monoisotopic (exact) mass is 339 g/mol. The largest absolute Gasteiger partial charge is 0.358 e. The summed E-state index contributed by atoms with van der Waals surface area (Å²) in [5.74, 6) is 0.543. The van der Waals surface area contributed by atoms with Gasteiger partial charge in [0.2, 0.25) is 11.1 Å². The molecule has 0 aliphatic heterocycles. The predicted octanol–water partition coefficient (Wildman–Crippen LogP) is 2.32. The molecule has 2 heterocycles. The Morgan fingerprint density at radius 1 is 1.21 bits per heavy atom. The lowest BCUT2D eigenvalue weighted by Crippen LogP contribution is -2.31. The number of hydrogen-bond donors (Lipinski definition) is 2. The lowest BCUT2D eigenvalue weighted by Gasteiger charge is -2.13. The predicted molar refractivity (Wildman–Crippen MR) is 93.5 cm³/mol. The summed E-state index contributed by atoms with van der Waals surface area (Å²) in [6.07, 6.45) is 2.31. The first kappa shape index (κ1) is 16.2. The number of carbonyl (C=O) groups is 1. The van der Waals surface area contributed by atoms with Crippen molar-refractivity contribution in [3.05, 3.63) is 60.3 Å². The summed E-state index contributed by atoms with van der Waals surface area (Å²) in [4.78, 5) is 20.9. The second-order valence-corrected chi connectivity index (χ2v) is 6.26. The van der Waals surface area contributed by atoms with Crippen LogP contribution in [-0.2, 0) is 11.2 Å². The van der Waals surface area contributed by atoms with Crippen molar-refractivity contribution in [1.82, 2.24) is 25.5 Å². The minimum atomic E-state index is -0.301. The number of benzene rings is 1. The van der Waals surface area contributed by atoms with E-state index in [0.717, 1.165) is 11.3 Å². The fourth-order valence-corrected chi connectivity index (χ4v) is 3.22. The molecule has 1 atom stereocenters. The molecule has 1 amide bonds. The number of nitrogens with zero attached hydrogens (tertiary/aromatic N) is 3. The zero-order chi connectivity index (χ0) is 16.8. The molecule has 0 spiro atoms. The Labute approximate surface area is 144 Å². The van der Waals surface area contributed by atoms with E-state index in [0.29, 0.717) is 17.4 Å². The highest BCUT2D eigenvalue weighted by atomic mass is 32.2. The van der Waals surface area contributed by atoms with E-state index in [1.54, 1.807) is 13.2 Å². The number of aromatic amines is 1. The molecular weight excluding hydrogens is 322 g/mol. The molecule has 2 aromatic heterocycles. The fourth-order valence-electron chi connectivity index (χ4n) is 2.22. The minimum Gasteiger partial charge on any atom is -0.358 e. The lowest BCUT2D eigenvalue weighted by molar-refractivity contribution is -0.120. The van der Waals surface area contributed by atoms with E-state index in [1.807, 2.05) is 48.5 Å². The van der Waals surface area contributed by atoms with Gasteiger partial charge in [-0.2, -0.15) is 4.98 Å². The summed E-state index contributed by atoms with van der Waals surface area (Å²) >= 11 is 1.34. The summed E-state index contributed by atoms with van der Waals surface area (Å²) in [7, 11) is 1.64. The third-order valence-corrected chi connectivity index (χ3v) is 4.48. The van der Waals surface area contributed by atoms with E-state index in [1.165, 1.54) is 11.8 Å². The van der Waals surface area contributed by atoms with Crippen LogP contribution >= 0.6 is 11.8 Å². The second kappa shape index (κ2) is 7.74. The molecule has 1 aromatic carbocycles.